The molecule has 0 radical (unpaired) electrons. The lowest BCUT2D eigenvalue weighted by molar-refractivity contribution is -0.00744. The van der Waals surface area contributed by atoms with Gasteiger partial charge in [-0.15, -0.1) is 0 Å². The lowest BCUT2D eigenvalue weighted by Crippen LogP contribution is -2.45. The first kappa shape index (κ1) is 23.9. The summed E-state index contributed by atoms with van der Waals surface area (Å²) in [4.78, 5) is 19.4. The van der Waals surface area contributed by atoms with Gasteiger partial charge >= 0.3 is 6.03 Å². The summed E-state index contributed by atoms with van der Waals surface area (Å²) in [5.74, 6) is 0.843. The quantitative estimate of drug-likeness (QED) is 0.503. The number of hydrogen-bond acceptors (Lipinski definition) is 6. The van der Waals surface area contributed by atoms with E-state index in [9.17, 15) is 9.18 Å². The number of nitrogens with one attached hydrogen (secondary N) is 3. The molecule has 1 aromatic carbocycles. The number of carbonyl (C=O) groups excluding carboxylic acids is 1. The molecule has 0 aliphatic carbocycles. The molecule has 1 saturated heterocycles. The van der Waals surface area contributed by atoms with Crippen molar-refractivity contribution < 1.29 is 18.7 Å². The molecule has 3 atom stereocenters. The fourth-order valence-electron chi connectivity index (χ4n) is 4.27. The van der Waals surface area contributed by atoms with Crippen LogP contribution < -0.4 is 15.5 Å². The van der Waals surface area contributed by atoms with Gasteiger partial charge in [0.15, 0.2) is 5.82 Å². The minimum absolute atomic E-state index is 0.110. The number of morpholine rings is 1. The van der Waals surface area contributed by atoms with Crippen LogP contribution in [-0.4, -0.2) is 59.2 Å². The molecular weight excluding hydrogens is 439 g/mol. The number of pyridine rings is 1. The average Bonchev–Trinajstić information content (AvgIpc) is 3.21. The summed E-state index contributed by atoms with van der Waals surface area (Å²) in [6.45, 7) is 9.27. The van der Waals surface area contributed by atoms with Crippen LogP contribution >= 0.6 is 0 Å². The van der Waals surface area contributed by atoms with E-state index in [2.05, 4.69) is 30.7 Å². The molecule has 1 aliphatic heterocycles. The number of urea groups is 1. The molecule has 1 fully saturated rings. The van der Waals surface area contributed by atoms with Gasteiger partial charge < -0.3 is 19.7 Å². The van der Waals surface area contributed by atoms with Crippen molar-refractivity contribution in [2.75, 3.05) is 30.4 Å². The third-order valence-electron chi connectivity index (χ3n) is 6.09. The van der Waals surface area contributed by atoms with Crippen molar-refractivity contribution in [3.8, 4) is 0 Å². The summed E-state index contributed by atoms with van der Waals surface area (Å²) in [6.07, 6.45) is 1.92. The Balaban J connectivity index is 1.50. The van der Waals surface area contributed by atoms with Crippen LogP contribution in [0.1, 0.15) is 39.3 Å². The number of H-pyrrole nitrogens is 1. The molecule has 3 heterocycles. The number of fused-ring (bicyclic) bond motifs is 1. The van der Waals surface area contributed by atoms with Crippen molar-refractivity contribution >= 4 is 28.6 Å². The number of anilines is 2. The maximum Gasteiger partial charge on any atom is 0.320 e. The number of ether oxygens (including phenoxy) is 2. The molecule has 0 bridgehead atoms. The zero-order valence-electron chi connectivity index (χ0n) is 20.1. The first-order valence-electron chi connectivity index (χ1n) is 11.3. The second-order valence-electron chi connectivity index (χ2n) is 9.22. The highest BCUT2D eigenvalue weighted by molar-refractivity contribution is 5.94. The minimum atomic E-state index is -0.739. The van der Waals surface area contributed by atoms with Gasteiger partial charge in [-0.3, -0.25) is 10.4 Å². The van der Waals surface area contributed by atoms with Crippen LogP contribution in [0, 0.1) is 5.82 Å². The summed E-state index contributed by atoms with van der Waals surface area (Å²) >= 11 is 0. The first-order chi connectivity index (χ1) is 16.2. The Labute approximate surface area is 198 Å². The molecule has 2 aromatic heterocycles. The zero-order chi connectivity index (χ0) is 24.5. The smallest absolute Gasteiger partial charge is 0.320 e. The Kier molecular flexibility index (Phi) is 6.72. The summed E-state index contributed by atoms with van der Waals surface area (Å²) < 4.78 is 24.8. The minimum Gasteiger partial charge on any atom is -0.376 e. The fourth-order valence-corrected chi connectivity index (χ4v) is 4.27. The van der Waals surface area contributed by atoms with E-state index in [1.54, 1.807) is 31.5 Å². The van der Waals surface area contributed by atoms with Crippen molar-refractivity contribution in [3.05, 3.63) is 47.9 Å². The van der Waals surface area contributed by atoms with Crippen LogP contribution in [0.2, 0.25) is 0 Å². The number of rotatable bonds is 6. The molecule has 9 nitrogen and oxygen atoms in total. The predicted octanol–water partition coefficient (Wildman–Crippen LogP) is 4.00. The second kappa shape index (κ2) is 9.55. The van der Waals surface area contributed by atoms with Crippen molar-refractivity contribution in [1.82, 2.24) is 20.5 Å². The maximum atomic E-state index is 13.4. The largest absolute Gasteiger partial charge is 0.376 e. The molecule has 3 aromatic rings. The van der Waals surface area contributed by atoms with E-state index >= 15 is 0 Å². The molecule has 0 saturated carbocycles. The summed E-state index contributed by atoms with van der Waals surface area (Å²) in [5.41, 5.74) is 0.746. The molecule has 10 heteroatoms. The van der Waals surface area contributed by atoms with Crippen LogP contribution in [0.5, 0.6) is 0 Å². The summed E-state index contributed by atoms with van der Waals surface area (Å²) in [5, 5.41) is 14.1. The lowest BCUT2D eigenvalue weighted by atomic mass is 9.91. The Morgan fingerprint density at radius 1 is 1.26 bits per heavy atom. The number of carbonyl (C=O) groups is 1. The number of nitrogens with zero attached hydrogens (tertiary/aromatic N) is 3. The highest BCUT2D eigenvalue weighted by atomic mass is 19.1. The van der Waals surface area contributed by atoms with Crippen molar-refractivity contribution in [3.63, 3.8) is 0 Å². The highest BCUT2D eigenvalue weighted by Crippen LogP contribution is 2.30. The van der Waals surface area contributed by atoms with Gasteiger partial charge in [-0.1, -0.05) is 12.1 Å². The van der Waals surface area contributed by atoms with Gasteiger partial charge in [-0.25, -0.2) is 14.2 Å². The van der Waals surface area contributed by atoms with Crippen LogP contribution in [0.3, 0.4) is 0 Å². The van der Waals surface area contributed by atoms with E-state index in [0.717, 1.165) is 35.4 Å². The fraction of sp³-hybridized carbons (Fsp3) is 0.458. The molecule has 4 rings (SSSR count). The van der Waals surface area contributed by atoms with Gasteiger partial charge in [0.05, 0.1) is 34.8 Å². The first-order valence-corrected chi connectivity index (χ1v) is 11.3. The number of halogens is 1. The van der Waals surface area contributed by atoms with Crippen molar-refractivity contribution in [1.29, 1.82) is 0 Å². The molecule has 0 spiro atoms. The Morgan fingerprint density at radius 2 is 1.94 bits per heavy atom. The molecule has 34 heavy (non-hydrogen) atoms. The van der Waals surface area contributed by atoms with E-state index in [0.29, 0.717) is 5.82 Å². The molecule has 1 aliphatic rings. The monoisotopic (exact) mass is 470 g/mol. The van der Waals surface area contributed by atoms with E-state index in [-0.39, 0.29) is 18.0 Å². The normalized spacial score (nSPS) is 19.8. The topological polar surface area (TPSA) is 104 Å². The third kappa shape index (κ3) is 5.13. The number of aromatic nitrogens is 3. The molecule has 3 N–H and O–H groups in total. The summed E-state index contributed by atoms with van der Waals surface area (Å²) in [7, 11) is 1.57. The van der Waals surface area contributed by atoms with Gasteiger partial charge in [0, 0.05) is 32.5 Å². The number of hydrogen-bond donors (Lipinski definition) is 3. The average molecular weight is 471 g/mol. The zero-order valence-corrected chi connectivity index (χ0v) is 20.1. The molecular formula is C24H31FN6O3. The van der Waals surface area contributed by atoms with Crippen molar-refractivity contribution in [2.24, 2.45) is 0 Å². The van der Waals surface area contributed by atoms with Gasteiger partial charge in [0.1, 0.15) is 11.6 Å². The van der Waals surface area contributed by atoms with E-state index in [1.807, 2.05) is 27.7 Å². The Hall–Kier alpha value is -3.24. The third-order valence-corrected chi connectivity index (χ3v) is 6.09. The molecule has 1 unspecified atom stereocenters. The molecule has 182 valence electrons. The number of amides is 2. The van der Waals surface area contributed by atoms with Crippen LogP contribution in [0.4, 0.5) is 20.8 Å². The van der Waals surface area contributed by atoms with Crippen LogP contribution in [0.25, 0.3) is 10.9 Å². The van der Waals surface area contributed by atoms with E-state index in [1.165, 1.54) is 12.1 Å². The number of aromatic amines is 1. The van der Waals surface area contributed by atoms with Gasteiger partial charge in [-0.05, 0) is 45.4 Å². The second-order valence-corrected chi connectivity index (χ2v) is 9.22. The van der Waals surface area contributed by atoms with Gasteiger partial charge in [0.25, 0.3) is 0 Å². The number of methoxy groups -OCH3 is 1. The summed E-state index contributed by atoms with van der Waals surface area (Å²) in [6, 6.07) is 6.74. The molecule has 2 amide bonds. The Bertz CT molecular complexity index is 1140. The predicted molar refractivity (Wildman–Crippen MR) is 128 cm³/mol. The van der Waals surface area contributed by atoms with Gasteiger partial charge in [-0.2, -0.15) is 5.10 Å². The SMILES string of the molecule is COC(C)(C)C(NC(=O)Nc1cc2[nH]nc(N3C[C@@H](C)O[C@@H](C)C3)c2cn1)c1ccc(F)cc1. The standard InChI is InChI=1S/C24H31FN6O3/c1-14-12-31(13-15(2)34-14)22-18-11-26-20(10-19(18)29-30-22)27-23(32)28-21(24(3,4)33-5)16-6-8-17(25)9-7-16/h6-11,14-15,21H,12-13H2,1-5H3,(H,29,30)(H2,26,27,28,32)/t14-,15+,21?. The van der Waals surface area contributed by atoms with E-state index in [4.69, 9.17) is 9.47 Å². The maximum absolute atomic E-state index is 13.4. The number of benzene rings is 1. The lowest BCUT2D eigenvalue weighted by Gasteiger charge is -2.35. The van der Waals surface area contributed by atoms with Crippen molar-refractivity contribution in [2.45, 2.75) is 51.5 Å². The Morgan fingerprint density at radius 3 is 2.59 bits per heavy atom. The highest BCUT2D eigenvalue weighted by Gasteiger charge is 2.32. The van der Waals surface area contributed by atoms with E-state index < -0.39 is 17.7 Å². The van der Waals surface area contributed by atoms with Crippen LogP contribution in [-0.2, 0) is 9.47 Å². The van der Waals surface area contributed by atoms with Crippen LogP contribution in [0.15, 0.2) is 36.5 Å². The van der Waals surface area contributed by atoms with Gasteiger partial charge in [0.2, 0.25) is 0 Å².